The van der Waals surface area contributed by atoms with Gasteiger partial charge in [0.25, 0.3) is 0 Å². The normalized spacial score (nSPS) is 20.4. The van der Waals surface area contributed by atoms with E-state index in [1.165, 1.54) is 41.0 Å². The van der Waals surface area contributed by atoms with Gasteiger partial charge >= 0.3 is 0 Å². The lowest BCUT2D eigenvalue weighted by Crippen LogP contribution is -2.21. The first-order chi connectivity index (χ1) is 9.85. The van der Waals surface area contributed by atoms with E-state index in [0.29, 0.717) is 6.04 Å². The molecule has 0 saturated heterocycles. The zero-order valence-corrected chi connectivity index (χ0v) is 12.4. The molecule has 0 bridgehead atoms. The molecule has 2 aliphatic rings. The van der Waals surface area contributed by atoms with E-state index in [-0.39, 0.29) is 0 Å². The largest absolute Gasteiger partial charge is 0.493 e. The van der Waals surface area contributed by atoms with Crippen LogP contribution in [0.5, 0.6) is 5.75 Å². The van der Waals surface area contributed by atoms with Gasteiger partial charge in [0.1, 0.15) is 10.8 Å². The third-order valence-corrected chi connectivity index (χ3v) is 5.42. The van der Waals surface area contributed by atoms with Gasteiger partial charge in [0.15, 0.2) is 0 Å². The predicted molar refractivity (Wildman–Crippen MR) is 81.5 cm³/mol. The standard InChI is InChI=1S/C16H18N2OS/c1-17-12-3-2-4-14-15(12)18-16(20-14)11-5-6-13-10(9-11)7-8-19-13/h5-6,9,12,17H,2-4,7-8H2,1H3. The number of benzene rings is 1. The smallest absolute Gasteiger partial charge is 0.123 e. The van der Waals surface area contributed by atoms with Gasteiger partial charge in [-0.3, -0.25) is 0 Å². The highest BCUT2D eigenvalue weighted by Gasteiger charge is 2.24. The molecule has 1 aromatic heterocycles. The molecule has 1 N–H and O–H groups in total. The number of ether oxygens (including phenoxy) is 1. The van der Waals surface area contributed by atoms with Gasteiger partial charge in [-0.15, -0.1) is 11.3 Å². The van der Waals surface area contributed by atoms with Gasteiger partial charge in [-0.1, -0.05) is 0 Å². The minimum atomic E-state index is 0.432. The Morgan fingerprint density at radius 1 is 1.35 bits per heavy atom. The van der Waals surface area contributed by atoms with Crippen LogP contribution in [0.2, 0.25) is 0 Å². The van der Waals surface area contributed by atoms with Crippen LogP contribution in [0.4, 0.5) is 0 Å². The lowest BCUT2D eigenvalue weighted by Gasteiger charge is -2.19. The molecule has 104 valence electrons. The molecule has 1 aromatic carbocycles. The van der Waals surface area contributed by atoms with Crippen LogP contribution in [0, 0.1) is 0 Å². The molecule has 1 aliphatic heterocycles. The molecule has 2 aromatic rings. The maximum atomic E-state index is 5.58. The number of thiazole rings is 1. The van der Waals surface area contributed by atoms with Gasteiger partial charge in [0.2, 0.25) is 0 Å². The molecule has 1 unspecified atom stereocenters. The van der Waals surface area contributed by atoms with Crippen molar-refractivity contribution in [2.75, 3.05) is 13.7 Å². The first kappa shape index (κ1) is 12.4. The number of rotatable bonds is 2. The monoisotopic (exact) mass is 286 g/mol. The van der Waals surface area contributed by atoms with Gasteiger partial charge < -0.3 is 10.1 Å². The maximum absolute atomic E-state index is 5.58. The predicted octanol–water partition coefficient (Wildman–Crippen LogP) is 3.34. The summed E-state index contributed by atoms with van der Waals surface area (Å²) in [6.45, 7) is 0.814. The number of nitrogens with one attached hydrogen (secondary N) is 1. The zero-order chi connectivity index (χ0) is 13.5. The summed E-state index contributed by atoms with van der Waals surface area (Å²) in [4.78, 5) is 6.37. The van der Waals surface area contributed by atoms with Gasteiger partial charge in [0, 0.05) is 16.9 Å². The van der Waals surface area contributed by atoms with Crippen molar-refractivity contribution in [2.24, 2.45) is 0 Å². The van der Waals surface area contributed by atoms with Crippen LogP contribution in [0.25, 0.3) is 10.6 Å². The molecule has 4 heteroatoms. The number of nitrogens with zero attached hydrogens (tertiary/aromatic N) is 1. The topological polar surface area (TPSA) is 34.1 Å². The molecule has 0 radical (unpaired) electrons. The van der Waals surface area contributed by atoms with Crippen LogP contribution in [0.1, 0.15) is 35.0 Å². The van der Waals surface area contributed by atoms with E-state index < -0.39 is 0 Å². The molecule has 0 saturated carbocycles. The summed E-state index contributed by atoms with van der Waals surface area (Å²) in [5, 5.41) is 4.55. The molecule has 0 amide bonds. The average Bonchev–Trinajstić information content (AvgIpc) is 3.11. The Morgan fingerprint density at radius 2 is 2.30 bits per heavy atom. The molecule has 1 atom stereocenters. The van der Waals surface area contributed by atoms with E-state index in [2.05, 4.69) is 23.5 Å². The first-order valence-electron chi connectivity index (χ1n) is 7.28. The maximum Gasteiger partial charge on any atom is 0.123 e. The highest BCUT2D eigenvalue weighted by Crippen LogP contribution is 2.38. The number of aromatic nitrogens is 1. The van der Waals surface area contributed by atoms with Crippen molar-refractivity contribution in [3.05, 3.63) is 34.3 Å². The fraction of sp³-hybridized carbons (Fsp3) is 0.438. The highest BCUT2D eigenvalue weighted by atomic mass is 32.1. The molecular weight excluding hydrogens is 268 g/mol. The third-order valence-electron chi connectivity index (χ3n) is 4.24. The summed E-state index contributed by atoms with van der Waals surface area (Å²) < 4.78 is 5.58. The highest BCUT2D eigenvalue weighted by molar-refractivity contribution is 7.15. The lowest BCUT2D eigenvalue weighted by atomic mass is 9.98. The van der Waals surface area contributed by atoms with E-state index in [1.807, 2.05) is 18.4 Å². The van der Waals surface area contributed by atoms with Crippen molar-refractivity contribution in [1.82, 2.24) is 10.3 Å². The van der Waals surface area contributed by atoms with Gasteiger partial charge in [0.05, 0.1) is 18.3 Å². The summed E-state index contributed by atoms with van der Waals surface area (Å²) in [5.74, 6) is 1.04. The van der Waals surface area contributed by atoms with Crippen LogP contribution in [0.3, 0.4) is 0 Å². The second-order valence-electron chi connectivity index (χ2n) is 5.48. The molecule has 0 fully saturated rings. The first-order valence-corrected chi connectivity index (χ1v) is 8.10. The average molecular weight is 286 g/mol. The van der Waals surface area contributed by atoms with Crippen LogP contribution in [-0.4, -0.2) is 18.6 Å². The van der Waals surface area contributed by atoms with Crippen LogP contribution < -0.4 is 10.1 Å². The third kappa shape index (κ3) is 1.95. The Bertz CT molecular complexity index is 650. The SMILES string of the molecule is CNC1CCCc2sc(-c3ccc4c(c3)CCO4)nc21. The van der Waals surface area contributed by atoms with Crippen molar-refractivity contribution in [3.63, 3.8) is 0 Å². The Kier molecular flexibility index (Phi) is 3.00. The molecular formula is C16H18N2OS. The quantitative estimate of drug-likeness (QED) is 0.919. The molecule has 20 heavy (non-hydrogen) atoms. The molecule has 0 spiro atoms. The van der Waals surface area contributed by atoms with Crippen molar-refractivity contribution in [2.45, 2.75) is 31.7 Å². The fourth-order valence-electron chi connectivity index (χ4n) is 3.14. The minimum absolute atomic E-state index is 0.432. The summed E-state index contributed by atoms with van der Waals surface area (Å²) >= 11 is 1.86. The van der Waals surface area contributed by atoms with E-state index in [9.17, 15) is 0 Å². The minimum Gasteiger partial charge on any atom is -0.493 e. The van der Waals surface area contributed by atoms with Crippen molar-refractivity contribution in [1.29, 1.82) is 0 Å². The van der Waals surface area contributed by atoms with Crippen LogP contribution in [0.15, 0.2) is 18.2 Å². The van der Waals surface area contributed by atoms with Crippen molar-refractivity contribution in [3.8, 4) is 16.3 Å². The van der Waals surface area contributed by atoms with E-state index >= 15 is 0 Å². The lowest BCUT2D eigenvalue weighted by molar-refractivity contribution is 0.357. The fourth-order valence-corrected chi connectivity index (χ4v) is 4.30. The van der Waals surface area contributed by atoms with Gasteiger partial charge in [-0.25, -0.2) is 4.98 Å². The number of hydrogen-bond donors (Lipinski definition) is 1. The second-order valence-corrected chi connectivity index (χ2v) is 6.57. The second kappa shape index (κ2) is 4.86. The summed E-state index contributed by atoms with van der Waals surface area (Å²) in [6.07, 6.45) is 4.66. The Hall–Kier alpha value is -1.39. The Balaban J connectivity index is 1.74. The number of fused-ring (bicyclic) bond motifs is 2. The van der Waals surface area contributed by atoms with Gasteiger partial charge in [-0.2, -0.15) is 0 Å². The van der Waals surface area contributed by atoms with Crippen molar-refractivity contribution < 1.29 is 4.74 Å². The number of hydrogen-bond acceptors (Lipinski definition) is 4. The summed E-state index contributed by atoms with van der Waals surface area (Å²) in [7, 11) is 2.03. The van der Waals surface area contributed by atoms with Gasteiger partial charge in [-0.05, 0) is 50.1 Å². The Labute approximate surface area is 123 Å². The zero-order valence-electron chi connectivity index (χ0n) is 11.6. The van der Waals surface area contributed by atoms with Crippen LogP contribution in [-0.2, 0) is 12.8 Å². The van der Waals surface area contributed by atoms with Crippen molar-refractivity contribution >= 4 is 11.3 Å². The summed E-state index contributed by atoms with van der Waals surface area (Å²) in [5.41, 5.74) is 3.83. The van der Waals surface area contributed by atoms with E-state index in [4.69, 9.17) is 9.72 Å². The van der Waals surface area contributed by atoms with Crippen LogP contribution >= 0.6 is 11.3 Å². The molecule has 3 nitrogen and oxygen atoms in total. The molecule has 2 heterocycles. The molecule has 4 rings (SSSR count). The summed E-state index contributed by atoms with van der Waals surface area (Å²) in [6, 6.07) is 6.92. The Morgan fingerprint density at radius 3 is 3.20 bits per heavy atom. The van der Waals surface area contributed by atoms with E-state index in [0.717, 1.165) is 23.8 Å². The number of aryl methyl sites for hydroxylation is 1. The van der Waals surface area contributed by atoms with E-state index in [1.54, 1.807) is 0 Å². The molecule has 1 aliphatic carbocycles.